The van der Waals surface area contributed by atoms with Crippen LogP contribution in [0.3, 0.4) is 0 Å². The van der Waals surface area contributed by atoms with Gasteiger partial charge in [-0.05, 0) is 19.9 Å². The molecule has 4 nitrogen and oxygen atoms in total. The van der Waals surface area contributed by atoms with Gasteiger partial charge < -0.3 is 14.4 Å². The molecule has 0 unspecified atom stereocenters. The Balaban J connectivity index is 2.81. The number of aliphatic hydroxyl groups is 1. The van der Waals surface area contributed by atoms with E-state index >= 15 is 0 Å². The van der Waals surface area contributed by atoms with Crippen LogP contribution >= 0.6 is 0 Å². The molecule has 1 amide bonds. The van der Waals surface area contributed by atoms with Crippen LogP contribution in [0.5, 0.6) is 0 Å². The molecule has 0 spiro atoms. The lowest BCUT2D eigenvalue weighted by atomic mass is 10.0. The molecule has 4 heteroatoms. The quantitative estimate of drug-likeness (QED) is 0.790. The Kier molecular flexibility index (Phi) is 2.96. The third kappa shape index (κ3) is 1.96. The van der Waals surface area contributed by atoms with E-state index in [-0.39, 0.29) is 12.5 Å². The average Bonchev–Trinajstić information content (AvgIpc) is 2.68. The Bertz CT molecular complexity index is 303. The van der Waals surface area contributed by atoms with Gasteiger partial charge in [-0.1, -0.05) is 0 Å². The number of carbonyl (C=O) groups excluding carboxylic acids is 1. The lowest BCUT2D eigenvalue weighted by molar-refractivity contribution is 0.0472. The first-order valence-corrected chi connectivity index (χ1v) is 4.40. The zero-order valence-electron chi connectivity index (χ0n) is 8.65. The lowest BCUT2D eigenvalue weighted by Gasteiger charge is -2.33. The fraction of sp³-hybridized carbons (Fsp3) is 0.500. The summed E-state index contributed by atoms with van der Waals surface area (Å²) < 4.78 is 4.82. The fourth-order valence-corrected chi connectivity index (χ4v) is 0.961. The summed E-state index contributed by atoms with van der Waals surface area (Å²) in [4.78, 5) is 13.3. The van der Waals surface area contributed by atoms with Crippen LogP contribution in [0.25, 0.3) is 0 Å². The minimum atomic E-state index is -0.561. The first-order chi connectivity index (χ1) is 6.49. The van der Waals surface area contributed by atoms with Crippen molar-refractivity contribution in [2.24, 2.45) is 0 Å². The number of hydrogen-bond acceptors (Lipinski definition) is 3. The van der Waals surface area contributed by atoms with Crippen molar-refractivity contribution >= 4 is 5.91 Å². The van der Waals surface area contributed by atoms with E-state index in [1.165, 1.54) is 17.4 Å². The molecule has 1 aromatic heterocycles. The summed E-state index contributed by atoms with van der Waals surface area (Å²) in [5.41, 5.74) is -0.0667. The van der Waals surface area contributed by atoms with Crippen molar-refractivity contribution in [1.82, 2.24) is 4.90 Å². The van der Waals surface area contributed by atoms with E-state index in [0.29, 0.717) is 5.56 Å². The van der Waals surface area contributed by atoms with Crippen LogP contribution in [-0.4, -0.2) is 35.1 Å². The van der Waals surface area contributed by atoms with Crippen molar-refractivity contribution in [1.29, 1.82) is 0 Å². The van der Waals surface area contributed by atoms with E-state index in [1.807, 2.05) is 0 Å². The molecule has 1 heterocycles. The highest BCUT2D eigenvalue weighted by atomic mass is 16.3. The summed E-state index contributed by atoms with van der Waals surface area (Å²) in [5, 5.41) is 9.09. The Morgan fingerprint density at radius 3 is 2.71 bits per heavy atom. The molecule has 78 valence electrons. The molecule has 1 rings (SSSR count). The van der Waals surface area contributed by atoms with Gasteiger partial charge in [0.05, 0.1) is 24.0 Å². The van der Waals surface area contributed by atoms with Crippen LogP contribution in [0.4, 0.5) is 0 Å². The van der Waals surface area contributed by atoms with Gasteiger partial charge in [-0.3, -0.25) is 4.79 Å². The molecule has 0 aliphatic carbocycles. The molecule has 1 aromatic rings. The molecular formula is C10H15NO3. The van der Waals surface area contributed by atoms with Gasteiger partial charge in [0, 0.05) is 7.05 Å². The van der Waals surface area contributed by atoms with Crippen molar-refractivity contribution in [3.8, 4) is 0 Å². The Hall–Kier alpha value is -1.29. The number of furan rings is 1. The van der Waals surface area contributed by atoms with E-state index < -0.39 is 5.54 Å². The molecule has 0 saturated carbocycles. The van der Waals surface area contributed by atoms with Crippen LogP contribution in [0.1, 0.15) is 24.2 Å². The minimum Gasteiger partial charge on any atom is -0.472 e. The van der Waals surface area contributed by atoms with Gasteiger partial charge in [0.15, 0.2) is 0 Å². The van der Waals surface area contributed by atoms with Crippen molar-refractivity contribution in [3.05, 3.63) is 24.2 Å². The van der Waals surface area contributed by atoms with Gasteiger partial charge in [0.2, 0.25) is 0 Å². The molecular weight excluding hydrogens is 182 g/mol. The monoisotopic (exact) mass is 197 g/mol. The van der Waals surface area contributed by atoms with Crippen LogP contribution in [0.2, 0.25) is 0 Å². The maximum atomic E-state index is 11.8. The largest absolute Gasteiger partial charge is 0.472 e. The molecule has 1 N–H and O–H groups in total. The van der Waals surface area contributed by atoms with Crippen LogP contribution in [0.15, 0.2) is 23.0 Å². The van der Waals surface area contributed by atoms with Gasteiger partial charge in [0.25, 0.3) is 5.91 Å². The number of hydrogen-bond donors (Lipinski definition) is 1. The predicted molar refractivity (Wildman–Crippen MR) is 52.0 cm³/mol. The van der Waals surface area contributed by atoms with Crippen molar-refractivity contribution in [3.63, 3.8) is 0 Å². The standard InChI is InChI=1S/C10H15NO3/c1-10(2,7-12)11(3)9(13)8-4-5-14-6-8/h4-6,12H,7H2,1-3H3. The zero-order chi connectivity index (χ0) is 10.8. The second-order valence-electron chi connectivity index (χ2n) is 3.85. The number of carbonyl (C=O) groups is 1. The summed E-state index contributed by atoms with van der Waals surface area (Å²) in [5.74, 6) is -0.155. The molecule has 0 fully saturated rings. The Morgan fingerprint density at radius 2 is 2.29 bits per heavy atom. The second kappa shape index (κ2) is 3.84. The van der Waals surface area contributed by atoms with Crippen molar-refractivity contribution in [2.45, 2.75) is 19.4 Å². The third-order valence-electron chi connectivity index (χ3n) is 2.37. The average molecular weight is 197 g/mol. The number of likely N-dealkylation sites (N-methyl/N-ethyl adjacent to an activating group) is 1. The topological polar surface area (TPSA) is 53.7 Å². The molecule has 0 atom stereocenters. The van der Waals surface area contributed by atoms with E-state index in [0.717, 1.165) is 0 Å². The Labute approximate surface area is 83.1 Å². The minimum absolute atomic E-state index is 0.0763. The van der Waals surface area contributed by atoms with Gasteiger partial charge >= 0.3 is 0 Å². The summed E-state index contributed by atoms with van der Waals surface area (Å²) in [7, 11) is 1.66. The molecule has 0 aliphatic heterocycles. The zero-order valence-corrected chi connectivity index (χ0v) is 8.65. The summed E-state index contributed by atoms with van der Waals surface area (Å²) in [6, 6.07) is 1.60. The first-order valence-electron chi connectivity index (χ1n) is 4.40. The smallest absolute Gasteiger partial charge is 0.257 e. The summed E-state index contributed by atoms with van der Waals surface area (Å²) in [6.07, 6.45) is 2.85. The number of aliphatic hydroxyl groups excluding tert-OH is 1. The Morgan fingerprint density at radius 1 is 1.64 bits per heavy atom. The number of rotatable bonds is 3. The van der Waals surface area contributed by atoms with Crippen LogP contribution in [-0.2, 0) is 0 Å². The highest BCUT2D eigenvalue weighted by molar-refractivity contribution is 5.94. The predicted octanol–water partition coefficient (Wildman–Crippen LogP) is 1.12. The van der Waals surface area contributed by atoms with Crippen molar-refractivity contribution < 1.29 is 14.3 Å². The molecule has 0 aromatic carbocycles. The maximum absolute atomic E-state index is 11.8. The molecule has 0 aliphatic rings. The van der Waals surface area contributed by atoms with Crippen molar-refractivity contribution in [2.75, 3.05) is 13.7 Å². The number of amides is 1. The molecule has 0 bridgehead atoms. The van der Waals surface area contributed by atoms with Gasteiger partial charge in [-0.2, -0.15) is 0 Å². The van der Waals surface area contributed by atoms with E-state index in [4.69, 9.17) is 9.52 Å². The fourth-order valence-electron chi connectivity index (χ4n) is 0.961. The van der Waals surface area contributed by atoms with Gasteiger partial charge in [-0.15, -0.1) is 0 Å². The second-order valence-corrected chi connectivity index (χ2v) is 3.85. The maximum Gasteiger partial charge on any atom is 0.257 e. The normalized spacial score (nSPS) is 11.4. The highest BCUT2D eigenvalue weighted by Crippen LogP contribution is 2.15. The van der Waals surface area contributed by atoms with E-state index in [1.54, 1.807) is 27.0 Å². The van der Waals surface area contributed by atoms with E-state index in [9.17, 15) is 4.79 Å². The van der Waals surface area contributed by atoms with Crippen LogP contribution < -0.4 is 0 Å². The first kappa shape index (κ1) is 10.8. The van der Waals surface area contributed by atoms with E-state index in [2.05, 4.69) is 0 Å². The summed E-state index contributed by atoms with van der Waals surface area (Å²) >= 11 is 0. The summed E-state index contributed by atoms with van der Waals surface area (Å²) in [6.45, 7) is 3.52. The lowest BCUT2D eigenvalue weighted by Crippen LogP contribution is -2.47. The van der Waals surface area contributed by atoms with Gasteiger partial charge in [0.1, 0.15) is 6.26 Å². The molecule has 0 radical (unpaired) electrons. The third-order valence-corrected chi connectivity index (χ3v) is 2.37. The highest BCUT2D eigenvalue weighted by Gasteiger charge is 2.27. The number of nitrogens with zero attached hydrogens (tertiary/aromatic N) is 1. The van der Waals surface area contributed by atoms with Gasteiger partial charge in [-0.25, -0.2) is 0 Å². The molecule has 0 saturated heterocycles. The molecule has 14 heavy (non-hydrogen) atoms. The van der Waals surface area contributed by atoms with Crippen LogP contribution in [0, 0.1) is 0 Å². The SMILES string of the molecule is CN(C(=O)c1ccoc1)C(C)(C)CO.